The Labute approximate surface area is 192 Å². The van der Waals surface area contributed by atoms with Gasteiger partial charge in [0.25, 0.3) is 0 Å². The van der Waals surface area contributed by atoms with Gasteiger partial charge >= 0.3 is 6.18 Å². The van der Waals surface area contributed by atoms with Crippen LogP contribution in [0.15, 0.2) is 53.7 Å². The van der Waals surface area contributed by atoms with Crippen molar-refractivity contribution >= 4 is 35.0 Å². The molecule has 33 heavy (non-hydrogen) atoms. The zero-order valence-electron chi connectivity index (χ0n) is 17.9. The zero-order valence-corrected chi connectivity index (χ0v) is 18.8. The van der Waals surface area contributed by atoms with E-state index in [2.05, 4.69) is 20.8 Å². The number of carbonyl (C=O) groups is 2. The number of rotatable bonds is 8. The predicted octanol–water partition coefficient (Wildman–Crippen LogP) is 4.54. The number of nitrogens with zero attached hydrogens (tertiary/aromatic N) is 3. The zero-order chi connectivity index (χ0) is 24.0. The number of hydrogen-bond acceptors (Lipinski definition) is 5. The number of carbonyl (C=O) groups excluding carboxylic acids is 2. The molecular formula is C22H22F3N5O2S. The maximum Gasteiger partial charge on any atom is 0.416 e. The van der Waals surface area contributed by atoms with E-state index in [1.54, 1.807) is 10.6 Å². The summed E-state index contributed by atoms with van der Waals surface area (Å²) in [4.78, 5) is 24.6. The summed E-state index contributed by atoms with van der Waals surface area (Å²) < 4.78 is 40.3. The molecule has 0 aliphatic heterocycles. The standard InChI is InChI=1S/C22H22F3N5O2S/c1-3-30-18(12-19(31)26-17-9-5-7-15(11-17)22(23,24)25)28-29-21(30)33-13-20(32)27-16-8-4-6-14(2)10-16/h4-11H,3,12-13H2,1-2H3,(H,26,31)(H,27,32). The first-order valence-electron chi connectivity index (χ1n) is 10.0. The van der Waals surface area contributed by atoms with Gasteiger partial charge in [-0.3, -0.25) is 9.59 Å². The van der Waals surface area contributed by atoms with Gasteiger partial charge in [-0.05, 0) is 49.7 Å². The minimum Gasteiger partial charge on any atom is -0.326 e. The van der Waals surface area contributed by atoms with Crippen LogP contribution >= 0.6 is 11.8 Å². The van der Waals surface area contributed by atoms with Crippen LogP contribution in [0.4, 0.5) is 24.5 Å². The lowest BCUT2D eigenvalue weighted by Crippen LogP contribution is -2.18. The molecular weight excluding hydrogens is 455 g/mol. The molecule has 0 atom stereocenters. The van der Waals surface area contributed by atoms with Crippen molar-refractivity contribution in [2.45, 2.75) is 38.1 Å². The molecule has 2 aromatic carbocycles. The number of benzene rings is 2. The monoisotopic (exact) mass is 477 g/mol. The number of aromatic nitrogens is 3. The van der Waals surface area contributed by atoms with Crippen LogP contribution in [0.5, 0.6) is 0 Å². The number of amides is 2. The quantitative estimate of drug-likeness (QED) is 0.465. The van der Waals surface area contributed by atoms with Crippen molar-refractivity contribution in [3.8, 4) is 0 Å². The van der Waals surface area contributed by atoms with E-state index >= 15 is 0 Å². The number of alkyl halides is 3. The van der Waals surface area contributed by atoms with Gasteiger partial charge in [-0.15, -0.1) is 10.2 Å². The normalized spacial score (nSPS) is 11.3. The largest absolute Gasteiger partial charge is 0.416 e. The molecule has 0 unspecified atom stereocenters. The highest BCUT2D eigenvalue weighted by atomic mass is 32.2. The first kappa shape index (κ1) is 24.3. The Hall–Kier alpha value is -3.34. The molecule has 0 saturated carbocycles. The highest BCUT2D eigenvalue weighted by molar-refractivity contribution is 7.99. The molecule has 2 N–H and O–H groups in total. The van der Waals surface area contributed by atoms with Crippen LogP contribution < -0.4 is 10.6 Å². The van der Waals surface area contributed by atoms with Gasteiger partial charge in [0.05, 0.1) is 17.7 Å². The number of aryl methyl sites for hydroxylation is 1. The minimum atomic E-state index is -4.50. The third kappa shape index (κ3) is 6.82. The van der Waals surface area contributed by atoms with Crippen molar-refractivity contribution in [3.63, 3.8) is 0 Å². The molecule has 7 nitrogen and oxygen atoms in total. The van der Waals surface area contributed by atoms with Gasteiger partial charge in [-0.25, -0.2) is 0 Å². The number of hydrogen-bond donors (Lipinski definition) is 2. The first-order valence-corrected chi connectivity index (χ1v) is 11.0. The predicted molar refractivity (Wildman–Crippen MR) is 120 cm³/mol. The van der Waals surface area contributed by atoms with Gasteiger partial charge in [0, 0.05) is 17.9 Å². The van der Waals surface area contributed by atoms with Gasteiger partial charge < -0.3 is 15.2 Å². The summed E-state index contributed by atoms with van der Waals surface area (Å²) in [5.41, 5.74) is 0.920. The van der Waals surface area contributed by atoms with Crippen LogP contribution in [0.2, 0.25) is 0 Å². The van der Waals surface area contributed by atoms with Crippen molar-refractivity contribution in [3.05, 3.63) is 65.5 Å². The van der Waals surface area contributed by atoms with E-state index in [1.807, 2.05) is 32.0 Å². The maximum absolute atomic E-state index is 12.9. The fraction of sp³-hybridized carbons (Fsp3) is 0.273. The topological polar surface area (TPSA) is 88.9 Å². The third-order valence-corrected chi connectivity index (χ3v) is 5.50. The van der Waals surface area contributed by atoms with Crippen molar-refractivity contribution in [2.75, 3.05) is 16.4 Å². The van der Waals surface area contributed by atoms with Crippen LogP contribution in [-0.4, -0.2) is 32.3 Å². The Morgan fingerprint density at radius 2 is 1.67 bits per heavy atom. The van der Waals surface area contributed by atoms with Crippen LogP contribution in [0.25, 0.3) is 0 Å². The van der Waals surface area contributed by atoms with Crippen molar-refractivity contribution in [2.24, 2.45) is 0 Å². The molecule has 0 fully saturated rings. The maximum atomic E-state index is 12.9. The van der Waals surface area contributed by atoms with E-state index in [0.29, 0.717) is 23.2 Å². The Balaban J connectivity index is 1.59. The average molecular weight is 478 g/mol. The molecule has 1 aromatic heterocycles. The number of nitrogens with one attached hydrogen (secondary N) is 2. The summed E-state index contributed by atoms with van der Waals surface area (Å²) in [5.74, 6) is -0.281. The lowest BCUT2D eigenvalue weighted by Gasteiger charge is -2.10. The van der Waals surface area contributed by atoms with E-state index in [1.165, 1.54) is 23.9 Å². The molecule has 11 heteroatoms. The second-order valence-corrected chi connectivity index (χ2v) is 8.10. The fourth-order valence-electron chi connectivity index (χ4n) is 3.05. The van der Waals surface area contributed by atoms with Gasteiger partial charge in [-0.1, -0.05) is 30.0 Å². The molecule has 0 saturated heterocycles. The number of anilines is 2. The smallest absolute Gasteiger partial charge is 0.326 e. The molecule has 0 aliphatic carbocycles. The highest BCUT2D eigenvalue weighted by Gasteiger charge is 2.30. The molecule has 3 rings (SSSR count). The first-order chi connectivity index (χ1) is 15.7. The molecule has 3 aromatic rings. The molecule has 0 spiro atoms. The Kier molecular flexibility index (Phi) is 7.75. The van der Waals surface area contributed by atoms with E-state index in [9.17, 15) is 22.8 Å². The summed E-state index contributed by atoms with van der Waals surface area (Å²) in [5, 5.41) is 13.8. The Bertz CT molecular complexity index is 1150. The van der Waals surface area contributed by atoms with Gasteiger partial charge in [0.2, 0.25) is 11.8 Å². The van der Waals surface area contributed by atoms with Crippen LogP contribution in [-0.2, 0) is 28.7 Å². The molecule has 2 amide bonds. The lowest BCUT2D eigenvalue weighted by molar-refractivity contribution is -0.137. The summed E-state index contributed by atoms with van der Waals surface area (Å²) in [6.45, 7) is 4.23. The van der Waals surface area contributed by atoms with Crippen LogP contribution in [0.1, 0.15) is 23.9 Å². The second kappa shape index (κ2) is 10.5. The molecule has 0 bridgehead atoms. The van der Waals surface area contributed by atoms with Crippen LogP contribution in [0.3, 0.4) is 0 Å². The minimum absolute atomic E-state index is 0.0415. The van der Waals surface area contributed by atoms with E-state index in [-0.39, 0.29) is 23.8 Å². The Morgan fingerprint density at radius 1 is 1.00 bits per heavy atom. The number of halogens is 3. The van der Waals surface area contributed by atoms with Crippen molar-refractivity contribution in [1.29, 1.82) is 0 Å². The lowest BCUT2D eigenvalue weighted by atomic mass is 10.2. The Morgan fingerprint density at radius 3 is 2.33 bits per heavy atom. The van der Waals surface area contributed by atoms with E-state index < -0.39 is 17.6 Å². The summed E-state index contributed by atoms with van der Waals surface area (Å²) in [6, 6.07) is 11.8. The van der Waals surface area contributed by atoms with Crippen molar-refractivity contribution < 1.29 is 22.8 Å². The molecule has 0 radical (unpaired) electrons. The fourth-order valence-corrected chi connectivity index (χ4v) is 3.87. The van der Waals surface area contributed by atoms with Gasteiger partial charge in [-0.2, -0.15) is 13.2 Å². The molecule has 174 valence electrons. The summed E-state index contributed by atoms with van der Waals surface area (Å²) in [6.07, 6.45) is -4.67. The van der Waals surface area contributed by atoms with E-state index in [0.717, 1.165) is 17.7 Å². The van der Waals surface area contributed by atoms with Gasteiger partial charge in [0.1, 0.15) is 5.82 Å². The summed E-state index contributed by atoms with van der Waals surface area (Å²) >= 11 is 1.18. The van der Waals surface area contributed by atoms with Gasteiger partial charge in [0.15, 0.2) is 5.16 Å². The SMILES string of the molecule is CCn1c(CC(=O)Nc2cccc(C(F)(F)F)c2)nnc1SCC(=O)Nc1cccc(C)c1. The van der Waals surface area contributed by atoms with Crippen molar-refractivity contribution in [1.82, 2.24) is 14.8 Å². The van der Waals surface area contributed by atoms with E-state index in [4.69, 9.17) is 0 Å². The summed E-state index contributed by atoms with van der Waals surface area (Å²) in [7, 11) is 0. The molecule has 1 heterocycles. The average Bonchev–Trinajstić information content (AvgIpc) is 3.13. The number of thioether (sulfide) groups is 1. The second-order valence-electron chi connectivity index (χ2n) is 7.15. The molecule has 0 aliphatic rings. The van der Waals surface area contributed by atoms with Crippen LogP contribution in [0, 0.1) is 6.92 Å². The third-order valence-electron chi connectivity index (χ3n) is 4.54. The highest BCUT2D eigenvalue weighted by Crippen LogP contribution is 2.30.